The van der Waals surface area contributed by atoms with Crippen LogP contribution in [0.3, 0.4) is 0 Å². The maximum atomic E-state index is 5.57. The van der Waals surface area contributed by atoms with Gasteiger partial charge in [0.25, 0.3) is 0 Å². The molecule has 0 amide bonds. The first-order valence-electron chi connectivity index (χ1n) is 5.56. The van der Waals surface area contributed by atoms with Crippen LogP contribution in [0, 0.1) is 6.92 Å². The molecule has 0 bridgehead atoms. The second kappa shape index (κ2) is 3.92. The van der Waals surface area contributed by atoms with Gasteiger partial charge in [-0.1, -0.05) is 6.07 Å². The van der Waals surface area contributed by atoms with Gasteiger partial charge in [0.05, 0.1) is 13.2 Å². The molecule has 0 radical (unpaired) electrons. The van der Waals surface area contributed by atoms with Gasteiger partial charge < -0.3 is 13.9 Å². The van der Waals surface area contributed by atoms with Crippen LogP contribution in [0.1, 0.15) is 24.0 Å². The maximum Gasteiger partial charge on any atom is 0.183 e. The molecular weight excluding hydrogens is 204 g/mol. The Kier molecular flexibility index (Phi) is 2.42. The molecule has 1 aromatic carbocycles. The second-order valence-corrected chi connectivity index (χ2v) is 4.08. The van der Waals surface area contributed by atoms with E-state index in [0.29, 0.717) is 0 Å². The van der Waals surface area contributed by atoms with Crippen LogP contribution in [-0.2, 0) is 9.47 Å². The number of ether oxygens (including phenoxy) is 2. The molecule has 0 saturated carbocycles. The summed E-state index contributed by atoms with van der Waals surface area (Å²) in [4.78, 5) is 0. The highest BCUT2D eigenvalue weighted by atomic mass is 16.7. The Bertz CT molecular complexity index is 495. The van der Waals surface area contributed by atoms with Gasteiger partial charge in [0.15, 0.2) is 6.29 Å². The molecule has 0 unspecified atom stereocenters. The summed E-state index contributed by atoms with van der Waals surface area (Å²) < 4.78 is 16.7. The van der Waals surface area contributed by atoms with Crippen molar-refractivity contribution in [2.45, 2.75) is 19.6 Å². The summed E-state index contributed by atoms with van der Waals surface area (Å²) in [6, 6.07) is 8.07. The minimum atomic E-state index is -0.214. The van der Waals surface area contributed by atoms with Crippen molar-refractivity contribution in [3.05, 3.63) is 35.6 Å². The van der Waals surface area contributed by atoms with Crippen molar-refractivity contribution in [2.24, 2.45) is 0 Å². The molecule has 3 heteroatoms. The fraction of sp³-hybridized carbons (Fsp3) is 0.385. The molecule has 2 aromatic rings. The van der Waals surface area contributed by atoms with Crippen LogP contribution in [-0.4, -0.2) is 13.2 Å². The number of hydrogen-bond acceptors (Lipinski definition) is 3. The van der Waals surface area contributed by atoms with Crippen molar-refractivity contribution >= 4 is 11.0 Å². The quantitative estimate of drug-likeness (QED) is 0.736. The van der Waals surface area contributed by atoms with Crippen molar-refractivity contribution in [1.82, 2.24) is 0 Å². The molecular formula is C13H14O3. The van der Waals surface area contributed by atoms with Gasteiger partial charge in [0.1, 0.15) is 11.3 Å². The highest BCUT2D eigenvalue weighted by molar-refractivity contribution is 5.78. The van der Waals surface area contributed by atoms with Crippen molar-refractivity contribution in [1.29, 1.82) is 0 Å². The van der Waals surface area contributed by atoms with Crippen molar-refractivity contribution < 1.29 is 13.9 Å². The lowest BCUT2D eigenvalue weighted by atomic mass is 10.1. The third-order valence-electron chi connectivity index (χ3n) is 2.76. The Hall–Kier alpha value is -1.32. The summed E-state index contributed by atoms with van der Waals surface area (Å²) in [6.45, 7) is 3.49. The summed E-state index contributed by atoms with van der Waals surface area (Å²) >= 11 is 0. The van der Waals surface area contributed by atoms with E-state index in [4.69, 9.17) is 13.9 Å². The number of fused-ring (bicyclic) bond motifs is 1. The van der Waals surface area contributed by atoms with E-state index < -0.39 is 0 Å². The molecule has 16 heavy (non-hydrogen) atoms. The first-order chi connectivity index (χ1) is 7.83. The largest absolute Gasteiger partial charge is 0.461 e. The lowest BCUT2D eigenvalue weighted by molar-refractivity contribution is -0.182. The van der Waals surface area contributed by atoms with Gasteiger partial charge in [0.2, 0.25) is 0 Å². The number of benzene rings is 1. The zero-order chi connectivity index (χ0) is 11.0. The van der Waals surface area contributed by atoms with Gasteiger partial charge >= 0.3 is 0 Å². The third-order valence-corrected chi connectivity index (χ3v) is 2.76. The van der Waals surface area contributed by atoms with Crippen LogP contribution in [0.15, 0.2) is 28.7 Å². The number of aryl methyl sites for hydroxylation is 1. The molecule has 84 valence electrons. The van der Waals surface area contributed by atoms with Crippen molar-refractivity contribution in [3.8, 4) is 0 Å². The molecule has 0 spiro atoms. The molecule has 0 N–H and O–H groups in total. The number of hydrogen-bond donors (Lipinski definition) is 0. The summed E-state index contributed by atoms with van der Waals surface area (Å²) in [5.74, 6) is 0.928. The molecule has 1 aliphatic rings. The van der Waals surface area contributed by atoms with Crippen LogP contribution in [0.25, 0.3) is 11.0 Å². The standard InChI is InChI=1S/C13H14O3/c1-9-7-11-8-10(3-4-12(11)16-9)13-14-5-2-6-15-13/h3-4,7-8,13H,2,5-6H2,1H3. The molecule has 1 saturated heterocycles. The van der Waals surface area contributed by atoms with Gasteiger partial charge in [-0.15, -0.1) is 0 Å². The van der Waals surface area contributed by atoms with E-state index in [2.05, 4.69) is 6.07 Å². The minimum absolute atomic E-state index is 0.214. The van der Waals surface area contributed by atoms with E-state index in [9.17, 15) is 0 Å². The monoisotopic (exact) mass is 218 g/mol. The topological polar surface area (TPSA) is 31.6 Å². The molecule has 1 aliphatic heterocycles. The van der Waals surface area contributed by atoms with E-state index in [1.54, 1.807) is 0 Å². The summed E-state index contributed by atoms with van der Waals surface area (Å²) in [6.07, 6.45) is 0.761. The van der Waals surface area contributed by atoms with Gasteiger partial charge in [-0.25, -0.2) is 0 Å². The lowest BCUT2D eigenvalue weighted by Gasteiger charge is -2.23. The molecule has 1 fully saturated rings. The van der Waals surface area contributed by atoms with Gasteiger partial charge in [-0.3, -0.25) is 0 Å². The zero-order valence-electron chi connectivity index (χ0n) is 9.23. The summed E-state index contributed by atoms with van der Waals surface area (Å²) in [5, 5.41) is 1.10. The summed E-state index contributed by atoms with van der Waals surface area (Å²) in [7, 11) is 0. The van der Waals surface area contributed by atoms with E-state index in [-0.39, 0.29) is 6.29 Å². The maximum absolute atomic E-state index is 5.57. The van der Waals surface area contributed by atoms with E-state index in [1.807, 2.05) is 25.1 Å². The Morgan fingerprint density at radius 2 is 1.94 bits per heavy atom. The summed E-state index contributed by atoms with van der Waals surface area (Å²) in [5.41, 5.74) is 1.98. The van der Waals surface area contributed by atoms with Gasteiger partial charge in [-0.05, 0) is 31.5 Å². The Labute approximate surface area is 94.0 Å². The average Bonchev–Trinajstić information content (AvgIpc) is 2.69. The first-order valence-corrected chi connectivity index (χ1v) is 5.56. The van der Waals surface area contributed by atoms with Crippen LogP contribution in [0.2, 0.25) is 0 Å². The predicted octanol–water partition coefficient (Wildman–Crippen LogP) is 3.18. The van der Waals surface area contributed by atoms with Crippen LogP contribution in [0.4, 0.5) is 0 Å². The van der Waals surface area contributed by atoms with E-state index in [0.717, 1.165) is 41.9 Å². The van der Waals surface area contributed by atoms with Gasteiger partial charge in [0, 0.05) is 10.9 Å². The molecule has 0 aliphatic carbocycles. The first kappa shape index (κ1) is 9.87. The average molecular weight is 218 g/mol. The number of rotatable bonds is 1. The van der Waals surface area contributed by atoms with Crippen LogP contribution >= 0.6 is 0 Å². The Balaban J connectivity index is 1.97. The zero-order valence-corrected chi connectivity index (χ0v) is 9.23. The van der Waals surface area contributed by atoms with Crippen molar-refractivity contribution in [2.75, 3.05) is 13.2 Å². The smallest absolute Gasteiger partial charge is 0.183 e. The van der Waals surface area contributed by atoms with Crippen LogP contribution < -0.4 is 0 Å². The highest BCUT2D eigenvalue weighted by Crippen LogP contribution is 2.27. The highest BCUT2D eigenvalue weighted by Gasteiger charge is 2.17. The SMILES string of the molecule is Cc1cc2cc(C3OCCCO3)ccc2o1. The molecule has 2 heterocycles. The minimum Gasteiger partial charge on any atom is -0.461 e. The Morgan fingerprint density at radius 3 is 2.75 bits per heavy atom. The Morgan fingerprint density at radius 1 is 1.12 bits per heavy atom. The number of furan rings is 1. The van der Waals surface area contributed by atoms with Gasteiger partial charge in [-0.2, -0.15) is 0 Å². The van der Waals surface area contributed by atoms with Crippen LogP contribution in [0.5, 0.6) is 0 Å². The fourth-order valence-corrected chi connectivity index (χ4v) is 2.02. The fourth-order valence-electron chi connectivity index (χ4n) is 2.02. The molecule has 0 atom stereocenters. The second-order valence-electron chi connectivity index (χ2n) is 4.08. The molecule has 3 rings (SSSR count). The lowest BCUT2D eigenvalue weighted by Crippen LogP contribution is -2.17. The van der Waals surface area contributed by atoms with E-state index >= 15 is 0 Å². The van der Waals surface area contributed by atoms with E-state index in [1.165, 1.54) is 0 Å². The molecule has 1 aromatic heterocycles. The third kappa shape index (κ3) is 1.72. The molecule has 3 nitrogen and oxygen atoms in total. The van der Waals surface area contributed by atoms with Crippen molar-refractivity contribution in [3.63, 3.8) is 0 Å². The predicted molar refractivity (Wildman–Crippen MR) is 60.2 cm³/mol. The normalized spacial score (nSPS) is 18.1.